The van der Waals surface area contributed by atoms with Crippen molar-refractivity contribution >= 4 is 23.4 Å². The molecule has 1 fully saturated rings. The van der Waals surface area contributed by atoms with Gasteiger partial charge in [-0.1, -0.05) is 36.4 Å². The number of carbonyl (C=O) groups excluding carboxylic acids is 1. The molecule has 2 atom stereocenters. The van der Waals surface area contributed by atoms with Gasteiger partial charge in [0.25, 0.3) is 0 Å². The van der Waals surface area contributed by atoms with E-state index >= 15 is 0 Å². The molecule has 5 heteroatoms. The first-order chi connectivity index (χ1) is 10.8. The van der Waals surface area contributed by atoms with Crippen molar-refractivity contribution < 1.29 is 4.79 Å². The molecule has 0 aromatic heterocycles. The van der Waals surface area contributed by atoms with Crippen molar-refractivity contribution in [1.82, 2.24) is 10.9 Å². The van der Waals surface area contributed by atoms with Crippen molar-refractivity contribution in [3.8, 4) is 0 Å². The molecule has 0 aliphatic carbocycles. The highest BCUT2D eigenvalue weighted by molar-refractivity contribution is 7.98. The van der Waals surface area contributed by atoms with Crippen LogP contribution in [0.3, 0.4) is 0 Å². The molecule has 0 saturated carbocycles. The van der Waals surface area contributed by atoms with Gasteiger partial charge in [0.1, 0.15) is 0 Å². The quantitative estimate of drug-likeness (QED) is 0.760. The fourth-order valence-corrected chi connectivity index (χ4v) is 3.11. The van der Waals surface area contributed by atoms with Gasteiger partial charge in [-0.2, -0.15) is 0 Å². The van der Waals surface area contributed by atoms with Crippen LogP contribution >= 0.6 is 11.8 Å². The maximum atomic E-state index is 12.6. The van der Waals surface area contributed by atoms with E-state index in [9.17, 15) is 4.79 Å². The van der Waals surface area contributed by atoms with Gasteiger partial charge in [0, 0.05) is 17.1 Å². The fourth-order valence-electron chi connectivity index (χ4n) is 2.65. The lowest BCUT2D eigenvalue weighted by Gasteiger charge is -2.18. The van der Waals surface area contributed by atoms with Crippen LogP contribution in [0, 0.1) is 5.92 Å². The number of amides is 1. The molecule has 4 nitrogen and oxygen atoms in total. The Morgan fingerprint density at radius 2 is 2.00 bits per heavy atom. The zero-order valence-corrected chi connectivity index (χ0v) is 13.2. The molecular formula is C17H19N3OS. The Hall–Kier alpha value is -1.82. The third-order valence-electron chi connectivity index (χ3n) is 3.81. The van der Waals surface area contributed by atoms with Crippen LogP contribution in [0.1, 0.15) is 11.6 Å². The first-order valence-corrected chi connectivity index (χ1v) is 8.48. The molecule has 0 radical (unpaired) electrons. The molecule has 1 aliphatic heterocycles. The molecule has 2 unspecified atom stereocenters. The highest BCUT2D eigenvalue weighted by atomic mass is 32.2. The predicted molar refractivity (Wildman–Crippen MR) is 90.7 cm³/mol. The Kier molecular flexibility index (Phi) is 4.77. The van der Waals surface area contributed by atoms with Crippen LogP contribution < -0.4 is 16.2 Å². The monoisotopic (exact) mass is 313 g/mol. The lowest BCUT2D eigenvalue weighted by Crippen LogP contribution is -2.29. The standard InChI is InChI=1S/C17H19N3OS/c1-22-14-9-5-8-13(10-14)19-17(21)15-11-18-20-16(15)12-6-3-2-4-7-12/h2-10,15-16,18,20H,11H2,1H3,(H,19,21). The number of hydrogen-bond donors (Lipinski definition) is 3. The van der Waals surface area contributed by atoms with Gasteiger partial charge in [-0.25, -0.2) is 5.43 Å². The van der Waals surface area contributed by atoms with Crippen molar-refractivity contribution in [2.75, 3.05) is 18.1 Å². The van der Waals surface area contributed by atoms with E-state index in [0.29, 0.717) is 6.54 Å². The number of hydrogen-bond acceptors (Lipinski definition) is 4. The van der Waals surface area contributed by atoms with Crippen LogP contribution in [0.5, 0.6) is 0 Å². The van der Waals surface area contributed by atoms with Gasteiger partial charge < -0.3 is 5.32 Å². The second-order valence-corrected chi connectivity index (χ2v) is 6.12. The number of thioether (sulfide) groups is 1. The summed E-state index contributed by atoms with van der Waals surface area (Å²) >= 11 is 1.66. The van der Waals surface area contributed by atoms with E-state index in [1.165, 1.54) is 0 Å². The molecule has 1 amide bonds. The summed E-state index contributed by atoms with van der Waals surface area (Å²) in [5.41, 5.74) is 8.25. The third kappa shape index (κ3) is 3.32. The Bertz CT molecular complexity index is 647. The number of nitrogens with one attached hydrogen (secondary N) is 3. The molecule has 3 N–H and O–H groups in total. The van der Waals surface area contributed by atoms with Crippen molar-refractivity contribution in [3.63, 3.8) is 0 Å². The minimum absolute atomic E-state index is 0.00932. The van der Waals surface area contributed by atoms with Crippen molar-refractivity contribution in [2.24, 2.45) is 5.92 Å². The zero-order valence-electron chi connectivity index (χ0n) is 12.4. The fraction of sp³-hybridized carbons (Fsp3) is 0.235. The SMILES string of the molecule is CSc1cccc(NC(=O)C2CNNC2c2ccccc2)c1. The second-order valence-electron chi connectivity index (χ2n) is 5.24. The van der Waals surface area contributed by atoms with Gasteiger partial charge in [-0.05, 0) is 30.0 Å². The molecule has 22 heavy (non-hydrogen) atoms. The topological polar surface area (TPSA) is 53.2 Å². The predicted octanol–water partition coefficient (Wildman–Crippen LogP) is 2.81. The molecule has 3 rings (SSSR count). The minimum Gasteiger partial charge on any atom is -0.326 e. The van der Waals surface area contributed by atoms with Gasteiger partial charge in [0.05, 0.1) is 12.0 Å². The van der Waals surface area contributed by atoms with Gasteiger partial charge >= 0.3 is 0 Å². The Balaban J connectivity index is 1.73. The molecule has 2 aromatic carbocycles. The van der Waals surface area contributed by atoms with E-state index in [0.717, 1.165) is 16.1 Å². The average molecular weight is 313 g/mol. The van der Waals surface area contributed by atoms with Crippen LogP contribution in [0.15, 0.2) is 59.5 Å². The maximum Gasteiger partial charge on any atom is 0.230 e. The number of hydrazine groups is 1. The zero-order chi connectivity index (χ0) is 15.4. The smallest absolute Gasteiger partial charge is 0.230 e. The van der Waals surface area contributed by atoms with Gasteiger partial charge in [0.15, 0.2) is 0 Å². The van der Waals surface area contributed by atoms with E-state index in [4.69, 9.17) is 0 Å². The number of carbonyl (C=O) groups is 1. The van der Waals surface area contributed by atoms with E-state index in [2.05, 4.69) is 16.2 Å². The lowest BCUT2D eigenvalue weighted by molar-refractivity contribution is -0.119. The number of rotatable bonds is 4. The Morgan fingerprint density at radius 3 is 2.77 bits per heavy atom. The van der Waals surface area contributed by atoms with Gasteiger partial charge in [-0.3, -0.25) is 10.2 Å². The summed E-state index contributed by atoms with van der Waals surface area (Å²) in [4.78, 5) is 13.7. The largest absolute Gasteiger partial charge is 0.326 e. The molecule has 114 valence electrons. The van der Waals surface area contributed by atoms with Crippen LogP contribution in [-0.4, -0.2) is 18.7 Å². The summed E-state index contributed by atoms with van der Waals surface area (Å²) in [7, 11) is 0. The summed E-state index contributed by atoms with van der Waals surface area (Å²) < 4.78 is 0. The Labute approximate surface area is 134 Å². The molecule has 1 aliphatic rings. The average Bonchev–Trinajstić information content (AvgIpc) is 3.05. The molecule has 0 spiro atoms. The number of anilines is 1. The summed E-state index contributed by atoms with van der Waals surface area (Å²) in [6, 6.07) is 17.9. The summed E-state index contributed by atoms with van der Waals surface area (Å²) in [6.07, 6.45) is 2.02. The number of benzene rings is 2. The third-order valence-corrected chi connectivity index (χ3v) is 4.54. The molecular weight excluding hydrogens is 294 g/mol. The van der Waals surface area contributed by atoms with Crippen LogP contribution in [-0.2, 0) is 4.79 Å². The van der Waals surface area contributed by atoms with E-state index < -0.39 is 0 Å². The van der Waals surface area contributed by atoms with Crippen LogP contribution in [0.4, 0.5) is 5.69 Å². The van der Waals surface area contributed by atoms with Gasteiger partial charge in [-0.15, -0.1) is 11.8 Å². The molecule has 1 heterocycles. The lowest BCUT2D eigenvalue weighted by atomic mass is 9.94. The van der Waals surface area contributed by atoms with Crippen molar-refractivity contribution in [3.05, 3.63) is 60.2 Å². The Morgan fingerprint density at radius 1 is 1.18 bits per heavy atom. The highest BCUT2D eigenvalue weighted by Crippen LogP contribution is 2.26. The molecule has 0 bridgehead atoms. The maximum absolute atomic E-state index is 12.6. The summed E-state index contributed by atoms with van der Waals surface area (Å²) in [5.74, 6) is -0.107. The molecule has 1 saturated heterocycles. The van der Waals surface area contributed by atoms with Crippen molar-refractivity contribution in [1.29, 1.82) is 0 Å². The van der Waals surface area contributed by atoms with Crippen molar-refractivity contribution in [2.45, 2.75) is 10.9 Å². The van der Waals surface area contributed by atoms with Crippen LogP contribution in [0.25, 0.3) is 0 Å². The first-order valence-electron chi connectivity index (χ1n) is 7.26. The van der Waals surface area contributed by atoms with E-state index in [1.807, 2.05) is 60.9 Å². The summed E-state index contributed by atoms with van der Waals surface area (Å²) in [6.45, 7) is 0.619. The van der Waals surface area contributed by atoms with Gasteiger partial charge in [0.2, 0.25) is 5.91 Å². The first kappa shape index (κ1) is 15.1. The van der Waals surface area contributed by atoms with E-state index in [-0.39, 0.29) is 17.9 Å². The second kappa shape index (κ2) is 6.96. The normalized spacial score (nSPS) is 20.8. The molecule has 2 aromatic rings. The minimum atomic E-state index is -0.139. The van der Waals surface area contributed by atoms with Crippen LogP contribution in [0.2, 0.25) is 0 Å². The highest BCUT2D eigenvalue weighted by Gasteiger charge is 2.33. The summed E-state index contributed by atoms with van der Waals surface area (Å²) in [5, 5.41) is 3.03. The van der Waals surface area contributed by atoms with E-state index in [1.54, 1.807) is 11.8 Å².